The van der Waals surface area contributed by atoms with Gasteiger partial charge in [0, 0.05) is 58.7 Å². The molecule has 2 radical (unpaired) electrons. The van der Waals surface area contributed by atoms with Crippen molar-refractivity contribution in [3.63, 3.8) is 0 Å². The summed E-state index contributed by atoms with van der Waals surface area (Å²) in [6, 6.07) is 35.8. The monoisotopic (exact) mass is 1610 g/mol. The van der Waals surface area contributed by atoms with Gasteiger partial charge >= 0.3 is 21.1 Å². The van der Waals surface area contributed by atoms with E-state index in [1.165, 1.54) is 91.9 Å². The average Bonchev–Trinajstić information content (AvgIpc) is 4.46. The van der Waals surface area contributed by atoms with Gasteiger partial charge in [-0.3, -0.25) is 4.79 Å². The minimum absolute atomic E-state index is 0. The van der Waals surface area contributed by atoms with Gasteiger partial charge in [0.05, 0.1) is 5.76 Å². The summed E-state index contributed by atoms with van der Waals surface area (Å²) in [7, 11) is 0. The molecule has 9 aromatic rings. The Morgan fingerprint density at radius 3 is 1.40 bits per heavy atom. The van der Waals surface area contributed by atoms with Gasteiger partial charge in [-0.1, -0.05) is 173 Å². The second kappa shape index (κ2) is 31.3. The van der Waals surface area contributed by atoms with Crippen molar-refractivity contribution in [3.8, 4) is 11.3 Å². The number of aliphatic hydroxyl groups is 1. The molecule has 7 heterocycles. The number of fused-ring (bicyclic) bond motifs is 10. The van der Waals surface area contributed by atoms with Crippen molar-refractivity contribution in [1.29, 1.82) is 0 Å². The van der Waals surface area contributed by atoms with Gasteiger partial charge in [0.15, 0.2) is 5.78 Å². The zero-order chi connectivity index (χ0) is 55.3. The first-order valence-electron chi connectivity index (χ1n) is 27.9. The Kier molecular flexibility index (Phi) is 25.3. The predicted octanol–water partition coefficient (Wildman–Crippen LogP) is 11.2. The number of carbonyl (C=O) groups excluding carboxylic acids is 1. The minimum Gasteiger partial charge on any atom is -0.657 e. The molecular formula is C70H72Ir2N6O2Pt-2. The molecule has 6 aromatic heterocycles. The molecule has 1 aliphatic carbocycles. The molecule has 0 saturated carbocycles. The normalized spacial score (nSPS) is 11.8. The molecule has 81 heavy (non-hydrogen) atoms. The van der Waals surface area contributed by atoms with Crippen molar-refractivity contribution >= 4 is 46.4 Å². The number of hydrogen-bond acceptors (Lipinski definition) is 4. The van der Waals surface area contributed by atoms with Crippen LogP contribution in [0.5, 0.6) is 0 Å². The van der Waals surface area contributed by atoms with Gasteiger partial charge in [0.1, 0.15) is 0 Å². The van der Waals surface area contributed by atoms with Gasteiger partial charge in [-0.15, -0.1) is 121 Å². The van der Waals surface area contributed by atoms with E-state index < -0.39 is 0 Å². The van der Waals surface area contributed by atoms with Crippen LogP contribution in [0.3, 0.4) is 0 Å². The first kappa shape index (κ1) is 65.6. The fourth-order valence-corrected chi connectivity index (χ4v) is 11.0. The van der Waals surface area contributed by atoms with Crippen molar-refractivity contribution in [2.75, 3.05) is 0 Å². The van der Waals surface area contributed by atoms with Crippen LogP contribution in [0, 0.1) is 12.1 Å². The number of aromatic nitrogens is 6. The Balaban J connectivity index is 0.000000239. The minimum atomic E-state index is -0.125. The van der Waals surface area contributed by atoms with Crippen LogP contribution in [0.4, 0.5) is 0 Å². The number of aliphatic hydroxyl groups excluding tert-OH is 1. The third-order valence-corrected chi connectivity index (χ3v) is 14.5. The van der Waals surface area contributed by atoms with E-state index >= 15 is 0 Å². The van der Waals surface area contributed by atoms with Crippen LogP contribution in [0.25, 0.3) is 51.9 Å². The standard InChI is InChI=1S/C36H44N4.C15H10N.C14H10N.C5H8O2.2Ir.Pt/c1-9-21-22(10-2)30-18-32-25(13-5)26(14-6)34(39-32)20-36-28(16-8)27(15-7)35(40-36)19-33-24(12-4)23(11-3)31(38-33)17-29(21)37-30;1-2-7-13(8-3-1)15-14-9-5-4-6-12(14)10-11-16-15;1-2-6-12-10-13(9-11(12)5-1)14-7-3-4-8-15-14;1-4(6)3-5(2)7;;;/h17-20H,9-16H2,1-8H3;1-7,9-11H;1-8H,9H2;3,6H,1-2H3;;;/q-4;2*-1;;;;+4. The Hall–Kier alpha value is -6.24. The Labute approximate surface area is 520 Å². The molecule has 8 nitrogen and oxygen atoms in total. The summed E-state index contributed by atoms with van der Waals surface area (Å²) in [6.45, 7) is 20.8. The summed E-state index contributed by atoms with van der Waals surface area (Å²) in [6.07, 6.45) is 25.8. The molecule has 1 N–H and O–H groups in total. The van der Waals surface area contributed by atoms with E-state index in [1.807, 2.05) is 79.1 Å². The largest absolute Gasteiger partial charge is 4.00 e. The topological polar surface area (TPSA) is 119 Å². The first-order chi connectivity index (χ1) is 38.0. The molecule has 0 saturated heterocycles. The SMILES string of the molecule is CC(=O)C=C(C)O.CCc1c2[n-]c(c1CC)C=c1[n-]c(c(CC)c1CC)=Cc1[n-]c(c(CC)c1CC)C=c1[n-]c(c(CC)c1CC)=C2.[C-]1=C(c2ccccn2)Cc2ccccc21.[Ir].[Ir].[Pt+4].[c-]1ccccc1-c1nccc2ccccc12. The summed E-state index contributed by atoms with van der Waals surface area (Å²) in [5.41, 5.74) is 21.7. The van der Waals surface area contributed by atoms with Crippen molar-refractivity contribution in [3.05, 3.63) is 239 Å². The van der Waals surface area contributed by atoms with Gasteiger partial charge in [0.25, 0.3) is 0 Å². The predicted molar refractivity (Wildman–Crippen MR) is 320 cm³/mol. The second-order valence-corrected chi connectivity index (χ2v) is 19.5. The molecule has 0 amide bonds. The summed E-state index contributed by atoms with van der Waals surface area (Å²) in [4.78, 5) is 39.8. The van der Waals surface area contributed by atoms with Crippen molar-refractivity contribution in [2.45, 2.75) is 127 Å². The maximum atomic E-state index is 10.0. The van der Waals surface area contributed by atoms with Gasteiger partial charge in [-0.05, 0) is 99.5 Å². The van der Waals surface area contributed by atoms with Gasteiger partial charge < -0.3 is 35.0 Å². The third-order valence-electron chi connectivity index (χ3n) is 14.5. The van der Waals surface area contributed by atoms with Crippen molar-refractivity contribution < 1.29 is 71.2 Å². The maximum absolute atomic E-state index is 10.0. The van der Waals surface area contributed by atoms with Crippen LogP contribution in [0.15, 0.2) is 121 Å². The quantitative estimate of drug-likeness (QED) is 0.0773. The number of pyridine rings is 2. The van der Waals surface area contributed by atoms with E-state index in [1.54, 1.807) is 0 Å². The van der Waals surface area contributed by atoms with E-state index in [-0.39, 0.29) is 72.8 Å². The van der Waals surface area contributed by atoms with Crippen LogP contribution in [0.1, 0.15) is 153 Å². The molecular weight excluding hydrogens is 1540 g/mol. The van der Waals surface area contributed by atoms with E-state index in [9.17, 15) is 4.79 Å². The average molecular weight is 1610 g/mol. The smallest absolute Gasteiger partial charge is 0.657 e. The number of benzene rings is 3. The fraction of sp³-hybridized carbons (Fsp3) is 0.271. The van der Waals surface area contributed by atoms with Crippen molar-refractivity contribution in [2.24, 2.45) is 0 Å². The molecule has 11 rings (SSSR count). The van der Waals surface area contributed by atoms with Gasteiger partial charge in [0.2, 0.25) is 0 Å². The van der Waals surface area contributed by atoms with Gasteiger partial charge in [-0.2, -0.15) is 0 Å². The van der Waals surface area contributed by atoms with Crippen LogP contribution < -0.4 is 41.3 Å². The third kappa shape index (κ3) is 15.3. The first-order valence-corrected chi connectivity index (χ1v) is 27.9. The molecule has 424 valence electrons. The number of rotatable bonds is 11. The second-order valence-electron chi connectivity index (χ2n) is 19.5. The fourth-order valence-electron chi connectivity index (χ4n) is 11.0. The molecule has 0 atom stereocenters. The number of ketones is 1. The number of nitrogens with zero attached hydrogens (tertiary/aromatic N) is 6. The van der Waals surface area contributed by atoms with E-state index in [0.717, 1.165) is 119 Å². The molecule has 0 fully saturated rings. The molecule has 0 unspecified atom stereocenters. The van der Waals surface area contributed by atoms with Crippen LogP contribution in [-0.2, 0) is 124 Å². The van der Waals surface area contributed by atoms with E-state index in [2.05, 4.69) is 132 Å². The molecule has 1 aliphatic heterocycles. The van der Waals surface area contributed by atoms with E-state index in [0.29, 0.717) is 0 Å². The zero-order valence-electron chi connectivity index (χ0n) is 48.2. The van der Waals surface area contributed by atoms with E-state index in [4.69, 9.17) is 25.0 Å². The zero-order valence-corrected chi connectivity index (χ0v) is 55.2. The molecule has 0 spiro atoms. The Bertz CT molecular complexity index is 3620. The van der Waals surface area contributed by atoms with Crippen LogP contribution in [-0.4, -0.2) is 20.9 Å². The maximum Gasteiger partial charge on any atom is 4.00 e. The number of hydrogen-bond donors (Lipinski definition) is 1. The molecule has 2 aliphatic rings. The number of allylic oxidation sites excluding steroid dienone is 3. The van der Waals surface area contributed by atoms with Crippen LogP contribution in [0.2, 0.25) is 0 Å². The number of carbonyl (C=O) groups is 1. The Morgan fingerprint density at radius 1 is 0.531 bits per heavy atom. The van der Waals surface area contributed by atoms with Gasteiger partial charge in [-0.25, -0.2) is 0 Å². The summed E-state index contributed by atoms with van der Waals surface area (Å²) < 4.78 is 0. The molecule has 3 aromatic carbocycles. The van der Waals surface area contributed by atoms with Crippen molar-refractivity contribution in [1.82, 2.24) is 29.9 Å². The summed E-state index contributed by atoms with van der Waals surface area (Å²) in [5, 5.41) is 15.0. The molecule has 11 heteroatoms. The molecule has 8 bridgehead atoms. The summed E-state index contributed by atoms with van der Waals surface area (Å²) in [5.74, 6) is -0.0625. The summed E-state index contributed by atoms with van der Waals surface area (Å²) >= 11 is 0. The van der Waals surface area contributed by atoms with Crippen LogP contribution >= 0.6 is 0 Å². The Morgan fingerprint density at radius 2 is 0.988 bits per heavy atom.